The first-order valence-electron chi connectivity index (χ1n) is 3.86. The van der Waals surface area contributed by atoms with Gasteiger partial charge in [-0.15, -0.1) is 0 Å². The number of halogens is 1. The Balaban J connectivity index is 2.71. The van der Waals surface area contributed by atoms with E-state index in [9.17, 15) is 0 Å². The van der Waals surface area contributed by atoms with Crippen LogP contribution in [-0.2, 0) is 9.47 Å². The minimum Gasteiger partial charge on any atom is -0.464 e. The van der Waals surface area contributed by atoms with Crippen LogP contribution in [0.2, 0.25) is 0 Å². The summed E-state index contributed by atoms with van der Waals surface area (Å²) >= 11 is 3.39. The summed E-state index contributed by atoms with van der Waals surface area (Å²) in [5.74, 6) is 0.0372. The van der Waals surface area contributed by atoms with Gasteiger partial charge >= 0.3 is 0 Å². The highest BCUT2D eigenvalue weighted by molar-refractivity contribution is 9.09. The summed E-state index contributed by atoms with van der Waals surface area (Å²) in [5, 5.41) is 0.0110. The van der Waals surface area contributed by atoms with Gasteiger partial charge in [0.25, 0.3) is 0 Å². The maximum atomic E-state index is 5.53. The minimum atomic E-state index is -0.601. The average Bonchev–Trinajstić information content (AvgIpc) is 1.81. The summed E-state index contributed by atoms with van der Waals surface area (Å²) in [7, 11) is 0. The zero-order valence-electron chi connectivity index (χ0n) is 7.34. The lowest BCUT2D eigenvalue weighted by molar-refractivity contribution is -0.194. The third-order valence-electron chi connectivity index (χ3n) is 1.41. The van der Waals surface area contributed by atoms with Crippen molar-refractivity contribution in [2.75, 3.05) is 0 Å². The van der Waals surface area contributed by atoms with Crippen LogP contribution < -0.4 is 0 Å². The van der Waals surface area contributed by atoms with Crippen molar-refractivity contribution in [2.24, 2.45) is 0 Å². The molecule has 0 saturated heterocycles. The van der Waals surface area contributed by atoms with Gasteiger partial charge in [0.1, 0.15) is 10.8 Å². The van der Waals surface area contributed by atoms with E-state index in [1.54, 1.807) is 0 Å². The molecule has 0 amide bonds. The smallest absolute Gasteiger partial charge is 0.206 e. The van der Waals surface area contributed by atoms with Gasteiger partial charge in [-0.25, -0.2) is 0 Å². The molecular formula is C9H13BrO2. The number of alkyl halides is 1. The second-order valence-corrected chi connectivity index (χ2v) is 4.16. The summed E-state index contributed by atoms with van der Waals surface area (Å²) in [6.45, 7) is 7.47. The second-order valence-electron chi connectivity index (χ2n) is 3.13. The third kappa shape index (κ3) is 2.99. The fraction of sp³-hybridized carbons (Fsp3) is 0.556. The molecule has 1 aliphatic heterocycles. The summed E-state index contributed by atoms with van der Waals surface area (Å²) in [6, 6.07) is 0. The van der Waals surface area contributed by atoms with Gasteiger partial charge in [-0.1, -0.05) is 28.6 Å². The molecule has 0 radical (unpaired) electrons. The molecule has 1 heterocycles. The van der Waals surface area contributed by atoms with E-state index in [1.807, 2.05) is 26.0 Å². The molecule has 68 valence electrons. The molecule has 1 unspecified atom stereocenters. The molecule has 0 aromatic rings. The van der Waals surface area contributed by atoms with E-state index in [2.05, 4.69) is 22.5 Å². The van der Waals surface area contributed by atoms with Crippen molar-refractivity contribution in [3.8, 4) is 0 Å². The van der Waals surface area contributed by atoms with Crippen molar-refractivity contribution in [1.82, 2.24) is 0 Å². The fourth-order valence-electron chi connectivity index (χ4n) is 1.04. The molecule has 0 aromatic heterocycles. The van der Waals surface area contributed by atoms with E-state index in [4.69, 9.17) is 9.47 Å². The monoisotopic (exact) mass is 232 g/mol. The topological polar surface area (TPSA) is 18.5 Å². The fourth-order valence-corrected chi connectivity index (χ4v) is 1.70. The largest absolute Gasteiger partial charge is 0.464 e. The van der Waals surface area contributed by atoms with Gasteiger partial charge in [0.05, 0.1) is 0 Å². The van der Waals surface area contributed by atoms with Crippen LogP contribution in [0.25, 0.3) is 0 Å². The number of hydrogen-bond donors (Lipinski definition) is 0. The summed E-state index contributed by atoms with van der Waals surface area (Å²) < 4.78 is 10.9. The van der Waals surface area contributed by atoms with Crippen molar-refractivity contribution in [2.45, 2.75) is 31.1 Å². The number of ether oxygens (including phenoxy) is 2. The van der Waals surface area contributed by atoms with Crippen molar-refractivity contribution >= 4 is 15.9 Å². The number of allylic oxidation sites excluding steroid dienone is 1. The normalized spacial score (nSPS) is 31.6. The maximum absolute atomic E-state index is 5.53. The first kappa shape index (κ1) is 9.81. The highest BCUT2D eigenvalue weighted by atomic mass is 79.9. The predicted molar refractivity (Wildman–Crippen MR) is 51.9 cm³/mol. The molecule has 12 heavy (non-hydrogen) atoms. The van der Waals surface area contributed by atoms with Gasteiger partial charge in [-0.05, 0) is 6.08 Å². The van der Waals surface area contributed by atoms with Crippen molar-refractivity contribution in [1.29, 1.82) is 0 Å². The maximum Gasteiger partial charge on any atom is 0.206 e. The minimum absolute atomic E-state index is 0.0110. The molecule has 0 fully saturated rings. The Hall–Kier alpha value is -0.280. The molecule has 0 spiro atoms. The average molecular weight is 233 g/mol. The van der Waals surface area contributed by atoms with Crippen LogP contribution in [0, 0.1) is 0 Å². The third-order valence-corrected chi connectivity index (χ3v) is 1.97. The standard InChI is InChI=1S/C9H13BrO2/c1-7-5-4-6-8(10)12-9(2,3)11-7/h4-5,8H,1,6H2,2-3H3/b5-4-. The van der Waals surface area contributed by atoms with E-state index >= 15 is 0 Å². The highest BCUT2D eigenvalue weighted by Gasteiger charge is 2.24. The lowest BCUT2D eigenvalue weighted by Gasteiger charge is -2.30. The van der Waals surface area contributed by atoms with E-state index in [-0.39, 0.29) is 5.01 Å². The Morgan fingerprint density at radius 3 is 3.00 bits per heavy atom. The predicted octanol–water partition coefficient (Wildman–Crippen LogP) is 2.95. The van der Waals surface area contributed by atoms with Crippen LogP contribution in [0.15, 0.2) is 24.5 Å². The highest BCUT2D eigenvalue weighted by Crippen LogP contribution is 2.24. The Morgan fingerprint density at radius 1 is 1.67 bits per heavy atom. The molecular weight excluding hydrogens is 220 g/mol. The van der Waals surface area contributed by atoms with E-state index < -0.39 is 5.79 Å². The molecule has 0 aromatic carbocycles. The van der Waals surface area contributed by atoms with Crippen LogP contribution in [0.1, 0.15) is 20.3 Å². The Morgan fingerprint density at radius 2 is 2.33 bits per heavy atom. The molecule has 1 aliphatic rings. The van der Waals surface area contributed by atoms with Crippen molar-refractivity contribution < 1.29 is 9.47 Å². The first-order chi connectivity index (χ1) is 5.49. The zero-order valence-corrected chi connectivity index (χ0v) is 8.93. The quantitative estimate of drug-likeness (QED) is 0.599. The van der Waals surface area contributed by atoms with Gasteiger partial charge in [0, 0.05) is 20.3 Å². The first-order valence-corrected chi connectivity index (χ1v) is 4.77. The Kier molecular flexibility index (Phi) is 2.96. The van der Waals surface area contributed by atoms with Crippen molar-refractivity contribution in [3.05, 3.63) is 24.5 Å². The molecule has 0 N–H and O–H groups in total. The van der Waals surface area contributed by atoms with Gasteiger partial charge in [-0.3, -0.25) is 0 Å². The van der Waals surface area contributed by atoms with Crippen LogP contribution in [-0.4, -0.2) is 10.8 Å². The van der Waals surface area contributed by atoms with Gasteiger partial charge < -0.3 is 9.47 Å². The zero-order chi connectivity index (χ0) is 9.19. The molecule has 3 heteroatoms. The molecule has 0 saturated carbocycles. The van der Waals surface area contributed by atoms with Crippen LogP contribution in [0.3, 0.4) is 0 Å². The van der Waals surface area contributed by atoms with E-state index in [0.29, 0.717) is 5.76 Å². The summed E-state index contributed by atoms with van der Waals surface area (Å²) in [6.07, 6.45) is 4.65. The van der Waals surface area contributed by atoms with Crippen LogP contribution in [0.5, 0.6) is 0 Å². The number of rotatable bonds is 0. The van der Waals surface area contributed by atoms with Gasteiger partial charge in [0.2, 0.25) is 5.79 Å². The van der Waals surface area contributed by atoms with Crippen LogP contribution >= 0.6 is 15.9 Å². The van der Waals surface area contributed by atoms with Crippen LogP contribution in [0.4, 0.5) is 0 Å². The molecule has 1 rings (SSSR count). The molecule has 0 aliphatic carbocycles. The lowest BCUT2D eigenvalue weighted by atomic mass is 10.3. The summed E-state index contributed by atoms with van der Waals surface area (Å²) in [5.41, 5.74) is 0. The van der Waals surface area contributed by atoms with Gasteiger partial charge in [-0.2, -0.15) is 0 Å². The lowest BCUT2D eigenvalue weighted by Crippen LogP contribution is -2.31. The molecule has 0 bridgehead atoms. The Labute approximate surface area is 81.4 Å². The van der Waals surface area contributed by atoms with E-state index in [0.717, 1.165) is 6.42 Å². The summed E-state index contributed by atoms with van der Waals surface area (Å²) in [4.78, 5) is 0. The number of hydrogen-bond acceptors (Lipinski definition) is 2. The second kappa shape index (κ2) is 3.62. The molecule has 1 atom stereocenters. The Bertz CT molecular complexity index is 209. The molecule has 2 nitrogen and oxygen atoms in total. The van der Waals surface area contributed by atoms with Gasteiger partial charge in [0.15, 0.2) is 0 Å². The van der Waals surface area contributed by atoms with Crippen molar-refractivity contribution in [3.63, 3.8) is 0 Å². The SMILES string of the molecule is C=C1/C=C\CC(Br)OC(C)(C)O1. The van der Waals surface area contributed by atoms with E-state index in [1.165, 1.54) is 0 Å².